The van der Waals surface area contributed by atoms with E-state index in [1.54, 1.807) is 0 Å². The summed E-state index contributed by atoms with van der Waals surface area (Å²) in [5, 5.41) is 9.36. The summed E-state index contributed by atoms with van der Waals surface area (Å²) in [5.74, 6) is -0.408. The quantitative estimate of drug-likeness (QED) is 0.895. The Morgan fingerprint density at radius 3 is 2.72 bits per heavy atom. The molecule has 2 rings (SSSR count). The predicted molar refractivity (Wildman–Crippen MR) is 70.1 cm³/mol. The summed E-state index contributed by atoms with van der Waals surface area (Å²) in [4.78, 5) is 11.9. The number of hydrogen-bond donors (Lipinski definition) is 2. The van der Waals surface area contributed by atoms with Gasteiger partial charge in [-0.15, -0.1) is 0 Å². The maximum absolute atomic E-state index is 13.3. The standard InChI is InChI=1S/C12H11BrFN3O/c1-6-7(2)16-17-11(6)15-12(18)8-3-4-9(13)10(14)5-8/h3-5H,1-2H3,(H2,15,16,17,18). The van der Waals surface area contributed by atoms with Gasteiger partial charge in [-0.2, -0.15) is 5.10 Å². The van der Waals surface area contributed by atoms with Crippen LogP contribution in [0.5, 0.6) is 0 Å². The molecule has 2 aromatic rings. The first-order valence-corrected chi connectivity index (χ1v) is 6.06. The number of halogens is 2. The Morgan fingerprint density at radius 1 is 1.44 bits per heavy atom. The topological polar surface area (TPSA) is 57.8 Å². The smallest absolute Gasteiger partial charge is 0.256 e. The highest BCUT2D eigenvalue weighted by molar-refractivity contribution is 9.10. The summed E-state index contributed by atoms with van der Waals surface area (Å²) in [6.45, 7) is 3.70. The van der Waals surface area contributed by atoms with E-state index in [9.17, 15) is 9.18 Å². The van der Waals surface area contributed by atoms with E-state index in [1.807, 2.05) is 13.8 Å². The Kier molecular flexibility index (Phi) is 3.47. The van der Waals surface area contributed by atoms with Crippen LogP contribution in [-0.2, 0) is 0 Å². The Labute approximate surface area is 112 Å². The highest BCUT2D eigenvalue weighted by Gasteiger charge is 2.12. The molecule has 0 radical (unpaired) electrons. The van der Waals surface area contributed by atoms with Gasteiger partial charge in [0.1, 0.15) is 5.82 Å². The summed E-state index contributed by atoms with van der Waals surface area (Å²) < 4.78 is 13.6. The second kappa shape index (κ2) is 4.89. The second-order valence-electron chi connectivity index (χ2n) is 3.91. The molecular weight excluding hydrogens is 301 g/mol. The van der Waals surface area contributed by atoms with Gasteiger partial charge in [0.2, 0.25) is 0 Å². The number of nitrogens with zero attached hydrogens (tertiary/aromatic N) is 1. The number of benzene rings is 1. The van der Waals surface area contributed by atoms with Gasteiger partial charge in [-0.25, -0.2) is 4.39 Å². The van der Waals surface area contributed by atoms with Crippen molar-refractivity contribution >= 4 is 27.7 Å². The van der Waals surface area contributed by atoms with Crippen molar-refractivity contribution in [3.8, 4) is 0 Å². The fraction of sp³-hybridized carbons (Fsp3) is 0.167. The zero-order valence-electron chi connectivity index (χ0n) is 9.84. The number of anilines is 1. The summed E-state index contributed by atoms with van der Waals surface area (Å²) in [5.41, 5.74) is 1.99. The summed E-state index contributed by atoms with van der Waals surface area (Å²) in [6, 6.07) is 4.21. The van der Waals surface area contributed by atoms with Gasteiger partial charge in [-0.3, -0.25) is 9.89 Å². The summed E-state index contributed by atoms with van der Waals surface area (Å²) >= 11 is 3.04. The molecule has 94 valence electrons. The number of aryl methyl sites for hydroxylation is 1. The monoisotopic (exact) mass is 311 g/mol. The van der Waals surface area contributed by atoms with Crippen LogP contribution in [0.1, 0.15) is 21.6 Å². The Bertz CT molecular complexity index is 609. The highest BCUT2D eigenvalue weighted by Crippen LogP contribution is 2.18. The van der Waals surface area contributed by atoms with Crippen LogP contribution in [0.15, 0.2) is 22.7 Å². The fourth-order valence-electron chi connectivity index (χ4n) is 1.42. The van der Waals surface area contributed by atoms with Crippen molar-refractivity contribution in [1.29, 1.82) is 0 Å². The van der Waals surface area contributed by atoms with Gasteiger partial charge >= 0.3 is 0 Å². The summed E-state index contributed by atoms with van der Waals surface area (Å²) in [6.07, 6.45) is 0. The molecule has 1 heterocycles. The molecule has 0 aliphatic rings. The van der Waals surface area contributed by atoms with Crippen LogP contribution >= 0.6 is 15.9 Å². The lowest BCUT2D eigenvalue weighted by atomic mass is 10.2. The van der Waals surface area contributed by atoms with Crippen molar-refractivity contribution in [2.24, 2.45) is 0 Å². The molecule has 1 aromatic carbocycles. The van der Waals surface area contributed by atoms with Crippen LogP contribution in [0, 0.1) is 19.7 Å². The molecule has 0 fully saturated rings. The number of aromatic nitrogens is 2. The normalized spacial score (nSPS) is 10.4. The number of H-pyrrole nitrogens is 1. The molecule has 4 nitrogen and oxygen atoms in total. The van der Waals surface area contributed by atoms with E-state index in [1.165, 1.54) is 18.2 Å². The van der Waals surface area contributed by atoms with Crippen LogP contribution in [0.25, 0.3) is 0 Å². The van der Waals surface area contributed by atoms with Gasteiger partial charge in [-0.05, 0) is 48.0 Å². The number of rotatable bonds is 2. The molecule has 18 heavy (non-hydrogen) atoms. The number of amides is 1. The van der Waals surface area contributed by atoms with Gasteiger partial charge in [0.05, 0.1) is 4.47 Å². The second-order valence-corrected chi connectivity index (χ2v) is 4.76. The van der Waals surface area contributed by atoms with Crippen LogP contribution in [0.4, 0.5) is 10.2 Å². The van der Waals surface area contributed by atoms with Crippen LogP contribution in [-0.4, -0.2) is 16.1 Å². The molecule has 2 N–H and O–H groups in total. The Balaban J connectivity index is 2.22. The molecule has 0 spiro atoms. The number of hydrogen-bond acceptors (Lipinski definition) is 2. The number of aromatic amines is 1. The third kappa shape index (κ3) is 2.43. The zero-order valence-corrected chi connectivity index (χ0v) is 11.4. The van der Waals surface area contributed by atoms with Crippen LogP contribution in [0.2, 0.25) is 0 Å². The molecular formula is C12H11BrFN3O. The Hall–Kier alpha value is -1.69. The van der Waals surface area contributed by atoms with Crippen molar-refractivity contribution in [2.75, 3.05) is 5.32 Å². The van der Waals surface area contributed by atoms with E-state index in [0.717, 1.165) is 11.3 Å². The van der Waals surface area contributed by atoms with Gasteiger partial charge in [-0.1, -0.05) is 0 Å². The Morgan fingerprint density at radius 2 is 2.17 bits per heavy atom. The first-order valence-electron chi connectivity index (χ1n) is 5.27. The molecule has 0 unspecified atom stereocenters. The van der Waals surface area contributed by atoms with Crippen molar-refractivity contribution in [3.05, 3.63) is 45.3 Å². The maximum atomic E-state index is 13.3. The van der Waals surface area contributed by atoms with E-state index >= 15 is 0 Å². The third-order valence-corrected chi connectivity index (χ3v) is 3.31. The highest BCUT2D eigenvalue weighted by atomic mass is 79.9. The lowest BCUT2D eigenvalue weighted by molar-refractivity contribution is 0.102. The first kappa shape index (κ1) is 12.8. The van der Waals surface area contributed by atoms with Crippen molar-refractivity contribution in [1.82, 2.24) is 10.2 Å². The minimum absolute atomic E-state index is 0.246. The lowest BCUT2D eigenvalue weighted by Gasteiger charge is -2.04. The summed E-state index contributed by atoms with van der Waals surface area (Å²) in [7, 11) is 0. The molecule has 0 saturated heterocycles. The van der Waals surface area contributed by atoms with E-state index < -0.39 is 11.7 Å². The molecule has 0 aliphatic carbocycles. The number of carbonyl (C=O) groups is 1. The molecule has 1 aromatic heterocycles. The molecule has 0 aliphatic heterocycles. The minimum Gasteiger partial charge on any atom is -0.305 e. The zero-order chi connectivity index (χ0) is 13.3. The van der Waals surface area contributed by atoms with E-state index in [2.05, 4.69) is 31.4 Å². The minimum atomic E-state index is -0.474. The lowest BCUT2D eigenvalue weighted by Crippen LogP contribution is -2.13. The van der Waals surface area contributed by atoms with Crippen molar-refractivity contribution in [3.63, 3.8) is 0 Å². The van der Waals surface area contributed by atoms with Crippen LogP contribution < -0.4 is 5.32 Å². The first-order chi connectivity index (χ1) is 8.49. The predicted octanol–water partition coefficient (Wildman–Crippen LogP) is 3.18. The largest absolute Gasteiger partial charge is 0.305 e. The SMILES string of the molecule is Cc1[nH]nc(NC(=O)c2ccc(Br)c(F)c2)c1C. The maximum Gasteiger partial charge on any atom is 0.256 e. The molecule has 0 atom stereocenters. The molecule has 0 saturated carbocycles. The van der Waals surface area contributed by atoms with E-state index in [4.69, 9.17) is 0 Å². The number of carbonyl (C=O) groups excluding carboxylic acids is 1. The van der Waals surface area contributed by atoms with Gasteiger partial charge in [0, 0.05) is 16.8 Å². The van der Waals surface area contributed by atoms with Crippen molar-refractivity contribution in [2.45, 2.75) is 13.8 Å². The third-order valence-electron chi connectivity index (χ3n) is 2.67. The van der Waals surface area contributed by atoms with Gasteiger partial charge in [0.25, 0.3) is 5.91 Å². The average molecular weight is 312 g/mol. The van der Waals surface area contributed by atoms with Crippen LogP contribution in [0.3, 0.4) is 0 Å². The molecule has 1 amide bonds. The number of nitrogens with one attached hydrogen (secondary N) is 2. The molecule has 0 bridgehead atoms. The van der Waals surface area contributed by atoms with Gasteiger partial charge < -0.3 is 5.32 Å². The van der Waals surface area contributed by atoms with E-state index in [0.29, 0.717) is 10.3 Å². The molecule has 6 heteroatoms. The average Bonchev–Trinajstić information content (AvgIpc) is 2.64. The van der Waals surface area contributed by atoms with Gasteiger partial charge in [0.15, 0.2) is 5.82 Å². The fourth-order valence-corrected chi connectivity index (χ4v) is 1.67. The van der Waals surface area contributed by atoms with E-state index in [-0.39, 0.29) is 5.56 Å². The van der Waals surface area contributed by atoms with Crippen molar-refractivity contribution < 1.29 is 9.18 Å².